The van der Waals surface area contributed by atoms with Gasteiger partial charge in [0.1, 0.15) is 5.69 Å². The number of hydrogen-bond acceptors (Lipinski definition) is 5. The lowest BCUT2D eigenvalue weighted by molar-refractivity contribution is -0.137. The summed E-state index contributed by atoms with van der Waals surface area (Å²) in [6.07, 6.45) is 3.34. The van der Waals surface area contributed by atoms with Crippen molar-refractivity contribution in [3.05, 3.63) is 18.0 Å². The van der Waals surface area contributed by atoms with Crippen molar-refractivity contribution in [2.45, 2.75) is 38.8 Å². The van der Waals surface area contributed by atoms with Crippen molar-refractivity contribution in [3.63, 3.8) is 0 Å². The van der Waals surface area contributed by atoms with Crippen LogP contribution in [0.1, 0.15) is 36.7 Å². The van der Waals surface area contributed by atoms with Crippen LogP contribution >= 0.6 is 0 Å². The van der Waals surface area contributed by atoms with Gasteiger partial charge < -0.3 is 14.9 Å². The predicted octanol–water partition coefficient (Wildman–Crippen LogP) is 0.846. The smallest absolute Gasteiger partial charge is 0.303 e. The molecule has 0 radical (unpaired) electrons. The molecule has 0 aliphatic carbocycles. The number of hydrogen-bond donors (Lipinski definition) is 1. The Labute approximate surface area is 160 Å². The van der Waals surface area contributed by atoms with Crippen LogP contribution in [0.5, 0.6) is 0 Å². The van der Waals surface area contributed by atoms with Gasteiger partial charge in [-0.05, 0) is 38.8 Å². The normalized spacial score (nSPS) is 24.9. The maximum absolute atomic E-state index is 13.0. The largest absolute Gasteiger partial charge is 0.481 e. The van der Waals surface area contributed by atoms with Crippen molar-refractivity contribution in [1.82, 2.24) is 24.5 Å². The number of amides is 1. The summed E-state index contributed by atoms with van der Waals surface area (Å²) in [4.78, 5) is 30.8. The number of carboxylic acid groups (broad SMARTS) is 1. The molecule has 1 aromatic heterocycles. The molecule has 0 bridgehead atoms. The number of piperidine rings is 1. The van der Waals surface area contributed by atoms with Crippen LogP contribution in [0, 0.1) is 5.92 Å². The van der Waals surface area contributed by atoms with Gasteiger partial charge in [0.05, 0.1) is 0 Å². The average Bonchev–Trinajstić information content (AvgIpc) is 3.15. The molecule has 0 aromatic carbocycles. The molecule has 2 aliphatic heterocycles. The molecule has 8 heteroatoms. The van der Waals surface area contributed by atoms with E-state index in [-0.39, 0.29) is 18.2 Å². The van der Waals surface area contributed by atoms with Gasteiger partial charge in [-0.1, -0.05) is 0 Å². The minimum absolute atomic E-state index is 0.00602. The molecule has 3 heterocycles. The first-order valence-electron chi connectivity index (χ1n) is 9.95. The summed E-state index contributed by atoms with van der Waals surface area (Å²) in [6, 6.07) is 2.13. The van der Waals surface area contributed by atoms with E-state index in [1.54, 1.807) is 16.9 Å². The van der Waals surface area contributed by atoms with Crippen molar-refractivity contribution >= 4 is 11.9 Å². The standard InChI is InChI=1S/C19H31N5O3/c1-3-24-17(6-8-20-24)19(27)23-9-7-16(15(14-23)4-5-18(25)26)22-12-10-21(2)11-13-22/h6,8,15-16H,3-5,7,9-14H2,1-2H3,(H,25,26)/t15-,16+/m1/s1. The minimum atomic E-state index is -0.764. The maximum Gasteiger partial charge on any atom is 0.303 e. The summed E-state index contributed by atoms with van der Waals surface area (Å²) >= 11 is 0. The Balaban J connectivity index is 1.70. The van der Waals surface area contributed by atoms with E-state index in [1.807, 2.05) is 11.8 Å². The number of nitrogens with zero attached hydrogens (tertiary/aromatic N) is 5. The highest BCUT2D eigenvalue weighted by Crippen LogP contribution is 2.28. The zero-order valence-corrected chi connectivity index (χ0v) is 16.4. The van der Waals surface area contributed by atoms with Crippen LogP contribution in [0.25, 0.3) is 0 Å². The number of rotatable bonds is 6. The third-order valence-corrected chi connectivity index (χ3v) is 5.95. The van der Waals surface area contributed by atoms with Crippen LogP contribution in [-0.2, 0) is 11.3 Å². The van der Waals surface area contributed by atoms with Crippen molar-refractivity contribution in [3.8, 4) is 0 Å². The molecule has 150 valence electrons. The maximum atomic E-state index is 13.0. The lowest BCUT2D eigenvalue weighted by Gasteiger charge is -2.46. The minimum Gasteiger partial charge on any atom is -0.481 e. The Bertz CT molecular complexity index is 654. The molecule has 8 nitrogen and oxygen atoms in total. The molecule has 1 aromatic rings. The Hall–Kier alpha value is -1.93. The Morgan fingerprint density at radius 3 is 2.63 bits per heavy atom. The summed E-state index contributed by atoms with van der Waals surface area (Å²) in [5.74, 6) is -0.564. The van der Waals surface area contributed by atoms with Gasteiger partial charge in [-0.2, -0.15) is 5.10 Å². The fourth-order valence-electron chi connectivity index (χ4n) is 4.36. The first-order chi connectivity index (χ1) is 13.0. The second-order valence-electron chi connectivity index (χ2n) is 7.67. The molecule has 3 rings (SSSR count). The fraction of sp³-hybridized carbons (Fsp3) is 0.737. The number of likely N-dealkylation sites (N-methyl/N-ethyl adjacent to an activating group) is 1. The van der Waals surface area contributed by atoms with Gasteiger partial charge in [0, 0.05) is 64.5 Å². The summed E-state index contributed by atoms with van der Waals surface area (Å²) in [5, 5.41) is 13.4. The van der Waals surface area contributed by atoms with Crippen LogP contribution in [0.15, 0.2) is 12.3 Å². The molecule has 2 aliphatic rings. The SMILES string of the molecule is CCn1nccc1C(=O)N1CC[C@H](N2CCN(C)CC2)[C@H](CCC(=O)O)C1. The number of carbonyl (C=O) groups excluding carboxylic acids is 1. The molecule has 2 fully saturated rings. The van der Waals surface area contributed by atoms with Crippen molar-refractivity contribution in [1.29, 1.82) is 0 Å². The van der Waals surface area contributed by atoms with Crippen LogP contribution in [0.2, 0.25) is 0 Å². The second kappa shape index (κ2) is 8.84. The molecule has 2 atom stereocenters. The second-order valence-corrected chi connectivity index (χ2v) is 7.67. The summed E-state index contributed by atoms with van der Waals surface area (Å²) in [5.41, 5.74) is 0.618. The van der Waals surface area contributed by atoms with E-state index in [4.69, 9.17) is 5.11 Å². The van der Waals surface area contributed by atoms with Gasteiger partial charge in [-0.15, -0.1) is 0 Å². The van der Waals surface area contributed by atoms with E-state index in [0.29, 0.717) is 37.8 Å². The highest BCUT2D eigenvalue weighted by molar-refractivity contribution is 5.92. The number of likely N-dealkylation sites (tertiary alicyclic amines) is 1. The predicted molar refractivity (Wildman–Crippen MR) is 102 cm³/mol. The first kappa shape index (κ1) is 19.8. The van der Waals surface area contributed by atoms with Crippen molar-refractivity contribution in [2.24, 2.45) is 5.92 Å². The molecule has 2 saturated heterocycles. The molecular weight excluding hydrogens is 346 g/mol. The zero-order valence-electron chi connectivity index (χ0n) is 16.4. The van der Waals surface area contributed by atoms with Gasteiger partial charge in [0.25, 0.3) is 5.91 Å². The van der Waals surface area contributed by atoms with Crippen LogP contribution in [-0.4, -0.2) is 93.8 Å². The van der Waals surface area contributed by atoms with E-state index in [9.17, 15) is 9.59 Å². The van der Waals surface area contributed by atoms with E-state index in [1.165, 1.54) is 0 Å². The molecular formula is C19H31N5O3. The van der Waals surface area contributed by atoms with E-state index < -0.39 is 5.97 Å². The third-order valence-electron chi connectivity index (χ3n) is 5.95. The van der Waals surface area contributed by atoms with E-state index in [2.05, 4.69) is 21.9 Å². The van der Waals surface area contributed by atoms with Gasteiger partial charge in [0.15, 0.2) is 0 Å². The third kappa shape index (κ3) is 4.68. The van der Waals surface area contributed by atoms with Gasteiger partial charge >= 0.3 is 5.97 Å². The summed E-state index contributed by atoms with van der Waals surface area (Å²) in [7, 11) is 2.14. The summed E-state index contributed by atoms with van der Waals surface area (Å²) < 4.78 is 1.72. The molecule has 0 unspecified atom stereocenters. The van der Waals surface area contributed by atoms with Gasteiger partial charge in [-0.3, -0.25) is 19.2 Å². The Morgan fingerprint density at radius 1 is 1.22 bits per heavy atom. The summed E-state index contributed by atoms with van der Waals surface area (Å²) in [6.45, 7) is 8.09. The highest BCUT2D eigenvalue weighted by atomic mass is 16.4. The van der Waals surface area contributed by atoms with Crippen molar-refractivity contribution < 1.29 is 14.7 Å². The molecule has 27 heavy (non-hydrogen) atoms. The van der Waals surface area contributed by atoms with Crippen LogP contribution < -0.4 is 0 Å². The quantitative estimate of drug-likeness (QED) is 0.791. The molecule has 0 saturated carbocycles. The van der Waals surface area contributed by atoms with Crippen molar-refractivity contribution in [2.75, 3.05) is 46.3 Å². The van der Waals surface area contributed by atoms with E-state index in [0.717, 1.165) is 32.6 Å². The van der Waals surface area contributed by atoms with E-state index >= 15 is 0 Å². The fourth-order valence-corrected chi connectivity index (χ4v) is 4.36. The topological polar surface area (TPSA) is 81.9 Å². The average molecular weight is 377 g/mol. The van der Waals surface area contributed by atoms with Crippen LogP contribution in [0.3, 0.4) is 0 Å². The first-order valence-corrected chi connectivity index (χ1v) is 9.95. The number of aryl methyl sites for hydroxylation is 1. The van der Waals surface area contributed by atoms with Gasteiger partial charge in [0.2, 0.25) is 0 Å². The Morgan fingerprint density at radius 2 is 1.96 bits per heavy atom. The number of aliphatic carboxylic acids is 1. The van der Waals surface area contributed by atoms with Crippen LogP contribution in [0.4, 0.5) is 0 Å². The molecule has 0 spiro atoms. The monoisotopic (exact) mass is 377 g/mol. The number of aromatic nitrogens is 2. The highest BCUT2D eigenvalue weighted by Gasteiger charge is 2.36. The Kier molecular flexibility index (Phi) is 6.49. The molecule has 1 amide bonds. The number of carbonyl (C=O) groups is 2. The lowest BCUT2D eigenvalue weighted by Crippen LogP contribution is -2.57. The number of piperazine rings is 1. The van der Waals surface area contributed by atoms with Gasteiger partial charge in [-0.25, -0.2) is 0 Å². The zero-order chi connectivity index (χ0) is 19.4. The number of carboxylic acids is 1. The molecule has 1 N–H and O–H groups in total. The lowest BCUT2D eigenvalue weighted by atomic mass is 9.86.